The van der Waals surface area contributed by atoms with Crippen LogP contribution in [0.1, 0.15) is 18.1 Å². The van der Waals surface area contributed by atoms with Crippen molar-refractivity contribution in [1.82, 2.24) is 14.3 Å². The summed E-state index contributed by atoms with van der Waals surface area (Å²) in [7, 11) is 1.70. The molecule has 29 heavy (non-hydrogen) atoms. The molecule has 0 N–H and O–H groups in total. The summed E-state index contributed by atoms with van der Waals surface area (Å²) in [5.74, 6) is 0. The van der Waals surface area contributed by atoms with Crippen LogP contribution in [0.4, 0.5) is 0 Å². The second-order valence-corrected chi connectivity index (χ2v) is 7.34. The number of nitrogens with zero attached hydrogens (tertiary/aromatic N) is 3. The van der Waals surface area contributed by atoms with Gasteiger partial charge >= 0.3 is 0 Å². The number of ether oxygens (including phenoxy) is 1. The third kappa shape index (κ3) is 4.30. The number of aryl methyl sites for hydroxylation is 2. The van der Waals surface area contributed by atoms with Crippen molar-refractivity contribution in [2.75, 3.05) is 7.11 Å². The molecule has 4 rings (SSSR count). The van der Waals surface area contributed by atoms with Crippen LogP contribution < -0.4 is 5.56 Å². The van der Waals surface area contributed by atoms with E-state index in [0.29, 0.717) is 6.54 Å². The van der Waals surface area contributed by atoms with Crippen LogP contribution >= 0.6 is 0 Å². The molecule has 0 aliphatic carbocycles. The van der Waals surface area contributed by atoms with Crippen molar-refractivity contribution in [3.63, 3.8) is 0 Å². The topological polar surface area (TPSA) is 49.0 Å². The Kier molecular flexibility index (Phi) is 5.58. The van der Waals surface area contributed by atoms with Crippen molar-refractivity contribution in [3.05, 3.63) is 94.5 Å². The van der Waals surface area contributed by atoms with Crippen molar-refractivity contribution in [2.45, 2.75) is 32.4 Å². The molecule has 0 aliphatic heterocycles. The van der Waals surface area contributed by atoms with Crippen molar-refractivity contribution >= 4 is 10.9 Å². The van der Waals surface area contributed by atoms with Gasteiger partial charge in [0.05, 0.1) is 24.4 Å². The van der Waals surface area contributed by atoms with Gasteiger partial charge in [-0.3, -0.25) is 14.0 Å². The SMILES string of the molecule is COC(C)Cn1ncc2cc(-n3ccc(CCc4ccccc4)cc3=O)ccc21. The lowest BCUT2D eigenvalue weighted by Gasteiger charge is -2.11. The summed E-state index contributed by atoms with van der Waals surface area (Å²) in [6.07, 6.45) is 5.56. The Hall–Kier alpha value is -3.18. The molecule has 0 spiro atoms. The number of rotatable bonds is 7. The molecule has 5 nitrogen and oxygen atoms in total. The lowest BCUT2D eigenvalue weighted by Crippen LogP contribution is -2.17. The van der Waals surface area contributed by atoms with Gasteiger partial charge in [0.25, 0.3) is 5.56 Å². The van der Waals surface area contributed by atoms with Crippen molar-refractivity contribution < 1.29 is 4.74 Å². The minimum absolute atomic E-state index is 0.0182. The predicted molar refractivity (Wildman–Crippen MR) is 116 cm³/mol. The molecular weight excluding hydrogens is 362 g/mol. The number of benzene rings is 2. The van der Waals surface area contributed by atoms with E-state index in [1.807, 2.05) is 66.5 Å². The number of fused-ring (bicyclic) bond motifs is 1. The molecule has 0 radical (unpaired) electrons. The maximum Gasteiger partial charge on any atom is 0.255 e. The highest BCUT2D eigenvalue weighted by Gasteiger charge is 2.09. The molecule has 0 aliphatic rings. The van der Waals surface area contributed by atoms with E-state index in [-0.39, 0.29) is 11.7 Å². The molecule has 0 saturated heterocycles. The molecule has 0 amide bonds. The molecule has 5 heteroatoms. The Labute approximate surface area is 170 Å². The van der Waals surface area contributed by atoms with Crippen LogP contribution in [0, 0.1) is 0 Å². The van der Waals surface area contributed by atoms with E-state index in [9.17, 15) is 4.79 Å². The molecule has 0 saturated carbocycles. The van der Waals surface area contributed by atoms with Crippen LogP contribution in [-0.4, -0.2) is 27.6 Å². The average molecular weight is 387 g/mol. The number of hydrogen-bond acceptors (Lipinski definition) is 3. The maximum atomic E-state index is 12.7. The maximum absolute atomic E-state index is 12.7. The Morgan fingerprint density at radius 2 is 1.79 bits per heavy atom. The van der Waals surface area contributed by atoms with Crippen LogP contribution in [0.5, 0.6) is 0 Å². The molecule has 1 atom stereocenters. The monoisotopic (exact) mass is 387 g/mol. The summed E-state index contributed by atoms with van der Waals surface area (Å²) in [5.41, 5.74) is 4.19. The van der Waals surface area contributed by atoms with Gasteiger partial charge in [-0.15, -0.1) is 0 Å². The fourth-order valence-electron chi connectivity index (χ4n) is 3.51. The molecule has 0 fully saturated rings. The van der Waals surface area contributed by atoms with E-state index in [4.69, 9.17) is 4.74 Å². The minimum Gasteiger partial charge on any atom is -0.380 e. The van der Waals surface area contributed by atoms with Crippen LogP contribution in [0.25, 0.3) is 16.6 Å². The Morgan fingerprint density at radius 1 is 1.00 bits per heavy atom. The van der Waals surface area contributed by atoms with Crippen LogP contribution in [-0.2, 0) is 24.1 Å². The summed E-state index contributed by atoms with van der Waals surface area (Å²) >= 11 is 0. The summed E-state index contributed by atoms with van der Waals surface area (Å²) in [5, 5.41) is 5.46. The molecule has 2 aromatic carbocycles. The summed E-state index contributed by atoms with van der Waals surface area (Å²) in [6, 6.07) is 20.1. The van der Waals surface area contributed by atoms with Gasteiger partial charge in [0.15, 0.2) is 0 Å². The Morgan fingerprint density at radius 3 is 2.55 bits per heavy atom. The largest absolute Gasteiger partial charge is 0.380 e. The number of aromatic nitrogens is 3. The zero-order chi connectivity index (χ0) is 20.2. The fraction of sp³-hybridized carbons (Fsp3) is 0.250. The van der Waals surface area contributed by atoms with Gasteiger partial charge in [-0.1, -0.05) is 30.3 Å². The minimum atomic E-state index is -0.0182. The van der Waals surface area contributed by atoms with Crippen molar-refractivity contribution in [2.24, 2.45) is 0 Å². The van der Waals surface area contributed by atoms with Gasteiger partial charge in [-0.2, -0.15) is 5.10 Å². The first-order valence-electron chi connectivity index (χ1n) is 9.88. The lowest BCUT2D eigenvalue weighted by atomic mass is 10.1. The average Bonchev–Trinajstić information content (AvgIpc) is 3.15. The molecule has 4 aromatic rings. The van der Waals surface area contributed by atoms with Crippen LogP contribution in [0.15, 0.2) is 77.9 Å². The normalized spacial score (nSPS) is 12.3. The predicted octanol–water partition coefficient (Wildman–Crippen LogP) is 4.01. The van der Waals surface area contributed by atoms with Crippen molar-refractivity contribution in [1.29, 1.82) is 0 Å². The van der Waals surface area contributed by atoms with E-state index >= 15 is 0 Å². The zero-order valence-electron chi connectivity index (χ0n) is 16.8. The molecule has 1 unspecified atom stereocenters. The highest BCUT2D eigenvalue weighted by molar-refractivity contribution is 5.80. The van der Waals surface area contributed by atoms with Gasteiger partial charge < -0.3 is 4.74 Å². The highest BCUT2D eigenvalue weighted by atomic mass is 16.5. The first kappa shape index (κ1) is 19.2. The van der Waals surface area contributed by atoms with Crippen LogP contribution in [0.2, 0.25) is 0 Å². The summed E-state index contributed by atoms with van der Waals surface area (Å²) < 4.78 is 8.95. The van der Waals surface area contributed by atoms with E-state index < -0.39 is 0 Å². The first-order chi connectivity index (χ1) is 14.1. The first-order valence-corrected chi connectivity index (χ1v) is 9.88. The number of methoxy groups -OCH3 is 1. The summed E-state index contributed by atoms with van der Waals surface area (Å²) in [4.78, 5) is 12.7. The molecular formula is C24H25N3O2. The number of pyridine rings is 1. The Balaban J connectivity index is 1.55. The van der Waals surface area contributed by atoms with E-state index in [1.165, 1.54) is 5.56 Å². The molecule has 0 bridgehead atoms. The highest BCUT2D eigenvalue weighted by Crippen LogP contribution is 2.18. The lowest BCUT2D eigenvalue weighted by molar-refractivity contribution is 0.101. The van der Waals surface area contributed by atoms with E-state index in [1.54, 1.807) is 17.7 Å². The van der Waals surface area contributed by atoms with Gasteiger partial charge in [0.2, 0.25) is 0 Å². The smallest absolute Gasteiger partial charge is 0.255 e. The Bertz CT molecular complexity index is 1160. The third-order valence-electron chi connectivity index (χ3n) is 5.27. The van der Waals surface area contributed by atoms with Crippen molar-refractivity contribution in [3.8, 4) is 5.69 Å². The fourth-order valence-corrected chi connectivity index (χ4v) is 3.51. The second-order valence-electron chi connectivity index (χ2n) is 7.34. The van der Waals surface area contributed by atoms with E-state index in [0.717, 1.165) is 35.0 Å². The van der Waals surface area contributed by atoms with Gasteiger partial charge in [-0.25, -0.2) is 0 Å². The molecule has 148 valence electrons. The molecule has 2 aromatic heterocycles. The number of hydrogen-bond donors (Lipinski definition) is 0. The van der Waals surface area contributed by atoms with Gasteiger partial charge in [0, 0.05) is 30.4 Å². The zero-order valence-corrected chi connectivity index (χ0v) is 16.8. The van der Waals surface area contributed by atoms with Gasteiger partial charge in [-0.05, 0) is 55.2 Å². The second kappa shape index (κ2) is 8.45. The van der Waals surface area contributed by atoms with Crippen LogP contribution in [0.3, 0.4) is 0 Å². The standard InChI is InChI=1S/C24H25N3O2/c1-18(29-2)17-27-23-11-10-22(15-21(23)16-25-27)26-13-12-20(14-24(26)28)9-8-19-6-4-3-5-7-19/h3-7,10-16,18H,8-9,17H2,1-2H3. The molecule has 2 heterocycles. The quantitative estimate of drug-likeness (QED) is 0.481. The van der Waals surface area contributed by atoms with E-state index in [2.05, 4.69) is 17.2 Å². The summed E-state index contributed by atoms with van der Waals surface area (Å²) in [6.45, 7) is 2.70. The third-order valence-corrected chi connectivity index (χ3v) is 5.27. The van der Waals surface area contributed by atoms with Gasteiger partial charge in [0.1, 0.15) is 0 Å².